The summed E-state index contributed by atoms with van der Waals surface area (Å²) in [7, 11) is 0. The molecule has 3 heterocycles. The molecular weight excluding hydrogens is 744 g/mol. The predicted molar refractivity (Wildman–Crippen MR) is 165 cm³/mol. The van der Waals surface area contributed by atoms with Crippen LogP contribution in [0.5, 0.6) is 0 Å². The molecule has 1 aliphatic heterocycles. The van der Waals surface area contributed by atoms with Crippen molar-refractivity contribution in [3.05, 3.63) is 133 Å². The molecule has 6 aromatic rings. The average Bonchev–Trinajstić information content (AvgIpc) is 3.65. The Bertz CT molecular complexity index is 1720. The minimum Gasteiger partial charge on any atom is 2.00 e. The summed E-state index contributed by atoms with van der Waals surface area (Å²) >= 11 is -3.16. The fourth-order valence-electron chi connectivity index (χ4n) is 5.68. The monoisotopic (exact) mass is 775 g/mol. The van der Waals surface area contributed by atoms with Crippen LogP contribution >= 0.6 is 0 Å². The van der Waals surface area contributed by atoms with Crippen molar-refractivity contribution in [1.82, 2.24) is 19.1 Å². The maximum Gasteiger partial charge on any atom is 2.00 e. The molecule has 6 heteroatoms. The maximum atomic E-state index is 5.40. The third-order valence-corrected chi connectivity index (χ3v) is 14.3. The normalized spacial score (nSPS) is 14.5. The van der Waals surface area contributed by atoms with Crippen LogP contribution in [0, 0.1) is 12.1 Å². The Labute approximate surface area is 258 Å². The van der Waals surface area contributed by atoms with E-state index in [-0.39, 0.29) is 26.5 Å². The van der Waals surface area contributed by atoms with Crippen LogP contribution in [0.2, 0.25) is 11.5 Å². The van der Waals surface area contributed by atoms with Crippen LogP contribution < -0.4 is 9.31 Å². The van der Waals surface area contributed by atoms with Crippen LogP contribution in [-0.2, 0) is 26.5 Å². The van der Waals surface area contributed by atoms with E-state index >= 15 is 0 Å². The Morgan fingerprint density at radius 3 is 1.41 bits per heavy atom. The van der Waals surface area contributed by atoms with Crippen molar-refractivity contribution in [3.8, 4) is 33.9 Å². The van der Waals surface area contributed by atoms with Crippen LogP contribution in [0.3, 0.4) is 0 Å². The van der Waals surface area contributed by atoms with Gasteiger partial charge in [0, 0.05) is 0 Å². The van der Waals surface area contributed by atoms with Gasteiger partial charge in [-0.2, -0.15) is 0 Å². The van der Waals surface area contributed by atoms with Gasteiger partial charge in [0.2, 0.25) is 0 Å². The fraction of sp³-hybridized carbons (Fsp3) is 0.143. The van der Waals surface area contributed by atoms with Crippen molar-refractivity contribution in [1.29, 1.82) is 0 Å². The zero-order valence-corrected chi connectivity index (χ0v) is 27.9. The Kier molecular flexibility index (Phi) is 7.04. The van der Waals surface area contributed by atoms with Crippen LogP contribution in [0.4, 0.5) is 0 Å². The van der Waals surface area contributed by atoms with Gasteiger partial charge in [0.1, 0.15) is 0 Å². The summed E-state index contributed by atoms with van der Waals surface area (Å²) < 4.78 is 6.78. The van der Waals surface area contributed by atoms with Crippen LogP contribution in [0.15, 0.2) is 109 Å². The summed E-state index contributed by atoms with van der Waals surface area (Å²) in [4.78, 5) is 10.8. The van der Waals surface area contributed by atoms with Gasteiger partial charge in [-0.3, -0.25) is 0 Å². The number of imidazole rings is 2. The quantitative estimate of drug-likeness (QED) is 0.150. The zero-order chi connectivity index (χ0) is 27.5. The van der Waals surface area contributed by atoms with Crippen molar-refractivity contribution in [2.75, 3.05) is 0 Å². The summed E-state index contributed by atoms with van der Waals surface area (Å²) in [6, 6.07) is 41.4. The zero-order valence-electron chi connectivity index (χ0n) is 23.5. The van der Waals surface area contributed by atoms with E-state index in [0.717, 1.165) is 54.3 Å². The Balaban J connectivity index is 0.00000302. The van der Waals surface area contributed by atoms with E-state index in [0.29, 0.717) is 0 Å². The Morgan fingerprint density at radius 2 is 1.00 bits per heavy atom. The van der Waals surface area contributed by atoms with Gasteiger partial charge in [-0.1, -0.05) is 0 Å². The van der Waals surface area contributed by atoms with Crippen LogP contribution in [-0.4, -0.2) is 32.4 Å². The average molecular weight is 774 g/mol. The number of rotatable bonds is 2. The first-order chi connectivity index (χ1) is 19.3. The van der Waals surface area contributed by atoms with E-state index in [9.17, 15) is 0 Å². The van der Waals surface area contributed by atoms with Gasteiger partial charge in [0.15, 0.2) is 0 Å². The van der Waals surface area contributed by atoms with Crippen molar-refractivity contribution in [2.45, 2.75) is 30.8 Å². The SMILES string of the molecule is CC1(C)c2[c-]c(ccc2)-c2cn(-c3ccccc3)[c](n2)[Ge]([CH3])([CH3])[c]2nc(cn2-c2ccccc2)-c2[c-]c1ccc2.[Pt+2]. The molecule has 0 N–H and O–H groups in total. The number of fused-ring (bicyclic) bond motifs is 10. The van der Waals surface area contributed by atoms with E-state index in [2.05, 4.69) is 156 Å². The molecule has 204 valence electrons. The fourth-order valence-corrected chi connectivity index (χ4v) is 11.1. The van der Waals surface area contributed by atoms with Gasteiger partial charge in [-0.05, 0) is 0 Å². The first-order valence-corrected chi connectivity index (χ1v) is 20.0. The van der Waals surface area contributed by atoms with Crippen molar-refractivity contribution in [3.63, 3.8) is 0 Å². The summed E-state index contributed by atoms with van der Waals surface area (Å²) in [5.74, 6) is 4.79. The van der Waals surface area contributed by atoms with Gasteiger partial charge in [0.05, 0.1) is 0 Å². The molecule has 0 fully saturated rings. The molecule has 0 amide bonds. The molecule has 0 atom stereocenters. The largest absolute Gasteiger partial charge is 2.00 e. The first kappa shape index (κ1) is 27.7. The van der Waals surface area contributed by atoms with Gasteiger partial charge < -0.3 is 0 Å². The molecular formula is C35H30GeN4Pt. The molecule has 0 unspecified atom stereocenters. The van der Waals surface area contributed by atoms with Gasteiger partial charge >= 0.3 is 260 Å². The summed E-state index contributed by atoms with van der Waals surface area (Å²) in [5.41, 5.74) is 8.00. The smallest absolute Gasteiger partial charge is 2.00 e. The number of hydrogen-bond acceptors (Lipinski definition) is 2. The minimum absolute atomic E-state index is 0. The minimum atomic E-state index is -3.16. The molecule has 0 radical (unpaired) electrons. The topological polar surface area (TPSA) is 35.6 Å². The standard InChI is InChI=1S/C35H30GeN4.Pt/c1-35(2)27-15-11-13-25(21-27)31-23-39(29-17-7-5-8-18-29)33(37-31)36(3,4)34-38-32(26-14-12-16-28(35)22-26)24-40(34)30-19-9-6-10-20-30;/h5-20,23-24H,1-4H3;/q-2;+2. The summed E-state index contributed by atoms with van der Waals surface area (Å²) in [6.45, 7) is 4.48. The molecule has 1 aliphatic rings. The number of hydrogen-bond donors (Lipinski definition) is 0. The number of nitrogens with zero attached hydrogens (tertiary/aromatic N) is 4. The van der Waals surface area contributed by atoms with E-state index in [1.165, 1.54) is 0 Å². The molecule has 2 aromatic heterocycles. The predicted octanol–water partition coefficient (Wildman–Crippen LogP) is 6.45. The Morgan fingerprint density at radius 1 is 0.585 bits per heavy atom. The summed E-state index contributed by atoms with van der Waals surface area (Å²) in [5, 5.41) is 0. The molecule has 41 heavy (non-hydrogen) atoms. The van der Waals surface area contributed by atoms with Crippen molar-refractivity contribution < 1.29 is 21.1 Å². The second kappa shape index (κ2) is 10.4. The Hall–Kier alpha value is -3.47. The molecule has 4 aromatic carbocycles. The second-order valence-electron chi connectivity index (χ2n) is 11.5. The molecule has 8 bridgehead atoms. The van der Waals surface area contributed by atoms with E-state index in [4.69, 9.17) is 9.97 Å². The first-order valence-electron chi connectivity index (χ1n) is 13.7. The maximum absolute atomic E-state index is 5.40. The van der Waals surface area contributed by atoms with Gasteiger partial charge in [-0.15, -0.1) is 0 Å². The number of aromatic nitrogens is 4. The summed E-state index contributed by atoms with van der Waals surface area (Å²) in [6.07, 6.45) is 4.37. The van der Waals surface area contributed by atoms with Crippen LogP contribution in [0.1, 0.15) is 25.0 Å². The molecule has 0 aliphatic carbocycles. The molecule has 0 spiro atoms. The third-order valence-electron chi connectivity index (χ3n) is 8.09. The van der Waals surface area contributed by atoms with Crippen molar-refractivity contribution >= 4 is 22.6 Å². The van der Waals surface area contributed by atoms with Crippen LogP contribution in [0.25, 0.3) is 33.9 Å². The van der Waals surface area contributed by atoms with E-state index in [1.807, 2.05) is 0 Å². The van der Waals surface area contributed by atoms with Crippen molar-refractivity contribution in [2.24, 2.45) is 0 Å². The number of benzene rings is 4. The van der Waals surface area contributed by atoms with E-state index in [1.54, 1.807) is 0 Å². The van der Waals surface area contributed by atoms with Gasteiger partial charge in [0.25, 0.3) is 0 Å². The molecule has 0 saturated heterocycles. The third kappa shape index (κ3) is 4.67. The molecule has 4 nitrogen and oxygen atoms in total. The molecule has 0 saturated carbocycles. The second-order valence-corrected chi connectivity index (χ2v) is 20.2. The van der Waals surface area contributed by atoms with E-state index < -0.39 is 13.3 Å². The number of para-hydroxylation sites is 2. The van der Waals surface area contributed by atoms with Gasteiger partial charge in [-0.25, -0.2) is 0 Å². The molecule has 7 rings (SSSR count).